The van der Waals surface area contributed by atoms with Crippen LogP contribution in [0.3, 0.4) is 0 Å². The summed E-state index contributed by atoms with van der Waals surface area (Å²) in [5.74, 6) is -2.07. The first kappa shape index (κ1) is 26.3. The molecule has 1 aromatic rings. The van der Waals surface area contributed by atoms with Crippen LogP contribution in [-0.2, 0) is 14.3 Å². The average molecular weight is 507 g/mol. The number of esters is 1. The second kappa shape index (κ2) is 9.29. The van der Waals surface area contributed by atoms with E-state index in [4.69, 9.17) is 4.74 Å². The fourth-order valence-electron chi connectivity index (χ4n) is 7.45. The summed E-state index contributed by atoms with van der Waals surface area (Å²) >= 11 is 1.01. The molecule has 0 amide bonds. The molecule has 0 aromatic heterocycles. The molecule has 0 heterocycles. The minimum atomic E-state index is -0.725. The van der Waals surface area contributed by atoms with Crippen molar-refractivity contribution in [2.75, 3.05) is 5.75 Å². The molecule has 4 rings (SSSR count). The summed E-state index contributed by atoms with van der Waals surface area (Å²) in [6.07, 6.45) is 3.78. The highest BCUT2D eigenvalue weighted by atomic mass is 32.2. The summed E-state index contributed by atoms with van der Waals surface area (Å²) in [5, 5.41) is 11.5. The van der Waals surface area contributed by atoms with Gasteiger partial charge in [0.2, 0.25) is 0 Å². The van der Waals surface area contributed by atoms with Gasteiger partial charge in [-0.2, -0.15) is 0 Å². The number of thioether (sulfide) groups is 1. The van der Waals surface area contributed by atoms with Crippen molar-refractivity contribution < 1.29 is 28.2 Å². The molecule has 8 atom stereocenters. The van der Waals surface area contributed by atoms with E-state index >= 15 is 0 Å². The number of hydrogen-bond donors (Lipinski definition) is 1. The molecule has 1 N–H and O–H groups in total. The monoisotopic (exact) mass is 506 g/mol. The smallest absolute Gasteiger partial charge is 0.316 e. The molecular formula is C28H36F2O4S. The molecule has 0 radical (unpaired) electrons. The lowest BCUT2D eigenvalue weighted by molar-refractivity contribution is -0.205. The van der Waals surface area contributed by atoms with Crippen molar-refractivity contribution in [1.82, 2.24) is 0 Å². The number of benzene rings is 1. The molecule has 35 heavy (non-hydrogen) atoms. The van der Waals surface area contributed by atoms with E-state index in [1.807, 2.05) is 6.92 Å². The minimum Gasteiger partial charge on any atom is -0.461 e. The largest absolute Gasteiger partial charge is 0.461 e. The van der Waals surface area contributed by atoms with Crippen LogP contribution in [0.25, 0.3) is 0 Å². The number of halogens is 2. The lowest BCUT2D eigenvalue weighted by atomic mass is 9.44. The Bertz CT molecular complexity index is 1010. The molecular weight excluding hydrogens is 470 g/mol. The fourth-order valence-corrected chi connectivity index (χ4v) is 8.19. The topological polar surface area (TPSA) is 63.6 Å². The number of ether oxygens (including phenoxy) is 1. The first-order valence-electron chi connectivity index (χ1n) is 12.5. The van der Waals surface area contributed by atoms with Crippen LogP contribution in [0.5, 0.6) is 0 Å². The number of ketones is 1. The highest BCUT2D eigenvalue weighted by Crippen LogP contribution is 2.68. The Labute approximate surface area is 210 Å². The standard InChI is InChI=1S/C28H36F2O4S/c1-6-26(4)14-22(34-23(32)15-35-20-12-18(29)11-19(30)13-20)27(5)16(2)7-9-28(17(3)25(26)33)10-8-21(31)24(27)28/h6,11-13,16-17,22,24-25,33H,1,7-10,14-15H2,2-5H3/t16?,17-,22+,24?,25-,26+,27-,28?/m0/s1. The van der Waals surface area contributed by atoms with Gasteiger partial charge in [-0.3, -0.25) is 9.59 Å². The highest BCUT2D eigenvalue weighted by molar-refractivity contribution is 8.00. The van der Waals surface area contributed by atoms with E-state index in [-0.39, 0.29) is 34.7 Å². The lowest BCUT2D eigenvalue weighted by Gasteiger charge is -2.61. The van der Waals surface area contributed by atoms with Gasteiger partial charge in [0.15, 0.2) is 0 Å². The molecule has 0 aliphatic heterocycles. The summed E-state index contributed by atoms with van der Waals surface area (Å²) in [7, 11) is 0. The summed E-state index contributed by atoms with van der Waals surface area (Å²) < 4.78 is 33.3. The first-order valence-corrected chi connectivity index (χ1v) is 13.5. The van der Waals surface area contributed by atoms with Crippen molar-refractivity contribution >= 4 is 23.5 Å². The van der Waals surface area contributed by atoms with Gasteiger partial charge in [-0.1, -0.05) is 33.8 Å². The Balaban J connectivity index is 1.68. The van der Waals surface area contributed by atoms with Gasteiger partial charge in [0.05, 0.1) is 11.9 Å². The second-order valence-electron chi connectivity index (χ2n) is 11.5. The van der Waals surface area contributed by atoms with Gasteiger partial charge in [0, 0.05) is 34.1 Å². The zero-order valence-electron chi connectivity index (χ0n) is 21.0. The molecule has 3 aliphatic carbocycles. The fraction of sp³-hybridized carbons (Fsp3) is 0.643. The van der Waals surface area contributed by atoms with E-state index in [2.05, 4.69) is 27.4 Å². The molecule has 1 aromatic carbocycles. The molecule has 2 bridgehead atoms. The van der Waals surface area contributed by atoms with Crippen LogP contribution in [0, 0.1) is 45.6 Å². The van der Waals surface area contributed by atoms with Crippen molar-refractivity contribution in [3.8, 4) is 0 Å². The lowest BCUT2D eigenvalue weighted by Crippen LogP contribution is -2.63. The molecule has 0 spiro atoms. The van der Waals surface area contributed by atoms with Gasteiger partial charge in [-0.25, -0.2) is 8.78 Å². The maximum absolute atomic E-state index is 13.6. The summed E-state index contributed by atoms with van der Waals surface area (Å²) in [5.41, 5.74) is -1.62. The molecule has 3 fully saturated rings. The van der Waals surface area contributed by atoms with Crippen LogP contribution < -0.4 is 0 Å². The Hall–Kier alpha value is -1.73. The maximum atomic E-state index is 13.6. The third-order valence-electron chi connectivity index (χ3n) is 9.77. The van der Waals surface area contributed by atoms with Crippen LogP contribution in [0.2, 0.25) is 0 Å². The van der Waals surface area contributed by atoms with Gasteiger partial charge in [0.25, 0.3) is 0 Å². The van der Waals surface area contributed by atoms with Crippen molar-refractivity contribution in [2.45, 2.75) is 76.9 Å². The molecule has 7 heteroatoms. The quantitative estimate of drug-likeness (QED) is 0.303. The highest BCUT2D eigenvalue weighted by Gasteiger charge is 2.68. The predicted octanol–water partition coefficient (Wildman–Crippen LogP) is 5.96. The number of rotatable bonds is 5. The van der Waals surface area contributed by atoms with E-state index in [0.717, 1.165) is 37.1 Å². The first-order chi connectivity index (χ1) is 16.4. The van der Waals surface area contributed by atoms with E-state index in [1.165, 1.54) is 12.1 Å². The van der Waals surface area contributed by atoms with Crippen molar-refractivity contribution in [3.63, 3.8) is 0 Å². The Morgan fingerprint density at radius 2 is 1.89 bits per heavy atom. The molecule has 4 nitrogen and oxygen atoms in total. The normalized spacial score (nSPS) is 41.0. The van der Waals surface area contributed by atoms with Crippen LogP contribution in [0.4, 0.5) is 8.78 Å². The van der Waals surface area contributed by atoms with Gasteiger partial charge < -0.3 is 9.84 Å². The van der Waals surface area contributed by atoms with Gasteiger partial charge >= 0.3 is 5.97 Å². The summed E-state index contributed by atoms with van der Waals surface area (Å²) in [6, 6.07) is 3.15. The minimum absolute atomic E-state index is 0.0937. The van der Waals surface area contributed by atoms with Gasteiger partial charge in [-0.15, -0.1) is 18.3 Å². The Morgan fingerprint density at radius 3 is 2.51 bits per heavy atom. The second-order valence-corrected chi connectivity index (χ2v) is 12.5. The summed E-state index contributed by atoms with van der Waals surface area (Å²) in [4.78, 5) is 26.8. The molecule has 3 unspecified atom stereocenters. The van der Waals surface area contributed by atoms with E-state index < -0.39 is 40.6 Å². The third-order valence-corrected chi connectivity index (χ3v) is 10.7. The predicted molar refractivity (Wildman–Crippen MR) is 132 cm³/mol. The maximum Gasteiger partial charge on any atom is 0.316 e. The number of Topliss-reactive ketones (excluding diaryl/α,β-unsaturated/α-hetero) is 1. The zero-order valence-corrected chi connectivity index (χ0v) is 21.8. The SMILES string of the molecule is C=C[C@]1(C)C[C@@H](OC(=O)CSc2cc(F)cc(F)c2)[C@]2(C)C(C)CCC3(CCC(=O)C32)[C@@H](C)[C@@H]1O. The average Bonchev–Trinajstić information content (AvgIpc) is 3.16. The molecule has 3 saturated carbocycles. The van der Waals surface area contributed by atoms with Crippen LogP contribution in [0.1, 0.15) is 59.8 Å². The third kappa shape index (κ3) is 4.26. The zero-order chi connectivity index (χ0) is 25.8. The number of carbonyl (C=O) groups is 2. The van der Waals surface area contributed by atoms with Gasteiger partial charge in [0.1, 0.15) is 23.5 Å². The van der Waals surface area contributed by atoms with Gasteiger partial charge in [-0.05, 0) is 55.1 Å². The number of hydrogen-bond acceptors (Lipinski definition) is 5. The van der Waals surface area contributed by atoms with E-state index in [9.17, 15) is 23.5 Å². The van der Waals surface area contributed by atoms with Crippen LogP contribution in [0.15, 0.2) is 35.7 Å². The Morgan fingerprint density at radius 1 is 1.23 bits per heavy atom. The van der Waals surface area contributed by atoms with E-state index in [0.29, 0.717) is 17.7 Å². The number of carbonyl (C=O) groups excluding carboxylic acids is 2. The molecule has 0 saturated heterocycles. The number of aliphatic hydroxyl groups excluding tert-OH is 1. The van der Waals surface area contributed by atoms with Crippen molar-refractivity contribution in [2.24, 2.45) is 34.0 Å². The van der Waals surface area contributed by atoms with Crippen molar-refractivity contribution in [1.29, 1.82) is 0 Å². The van der Waals surface area contributed by atoms with E-state index in [1.54, 1.807) is 6.08 Å². The molecule has 192 valence electrons. The summed E-state index contributed by atoms with van der Waals surface area (Å²) in [6.45, 7) is 12.2. The van der Waals surface area contributed by atoms with Crippen LogP contribution >= 0.6 is 11.8 Å². The molecule has 3 aliphatic rings. The van der Waals surface area contributed by atoms with Crippen molar-refractivity contribution in [3.05, 3.63) is 42.5 Å². The Kier molecular flexibility index (Phi) is 6.99. The number of aliphatic hydroxyl groups is 1. The van der Waals surface area contributed by atoms with Crippen LogP contribution in [-0.4, -0.2) is 34.8 Å².